The molecule has 0 bridgehead atoms. The SMILES string of the molecule is NC(=O)CNC(=O)CC1CCCCN1. The van der Waals surface area contributed by atoms with Crippen LogP contribution in [0, 0.1) is 0 Å². The number of carbonyl (C=O) groups is 2. The minimum absolute atomic E-state index is 0.0639. The first-order valence-corrected chi connectivity index (χ1v) is 4.97. The molecule has 1 fully saturated rings. The van der Waals surface area contributed by atoms with Gasteiger partial charge in [-0.2, -0.15) is 0 Å². The summed E-state index contributed by atoms with van der Waals surface area (Å²) >= 11 is 0. The van der Waals surface area contributed by atoms with E-state index in [0.29, 0.717) is 6.42 Å². The molecule has 2 amide bonds. The van der Waals surface area contributed by atoms with E-state index in [4.69, 9.17) is 5.73 Å². The Labute approximate surface area is 83.4 Å². The summed E-state index contributed by atoms with van der Waals surface area (Å²) in [4.78, 5) is 21.6. The fourth-order valence-electron chi connectivity index (χ4n) is 1.58. The topological polar surface area (TPSA) is 84.2 Å². The van der Waals surface area contributed by atoms with Gasteiger partial charge in [0.2, 0.25) is 11.8 Å². The molecule has 0 aromatic carbocycles. The Morgan fingerprint density at radius 2 is 2.21 bits per heavy atom. The summed E-state index contributed by atoms with van der Waals surface area (Å²) in [6.07, 6.45) is 3.82. The molecule has 5 nitrogen and oxygen atoms in total. The molecular formula is C9H17N3O2. The van der Waals surface area contributed by atoms with E-state index in [2.05, 4.69) is 10.6 Å². The summed E-state index contributed by atoms with van der Waals surface area (Å²) < 4.78 is 0. The molecule has 0 aliphatic carbocycles. The standard InChI is InChI=1S/C9H17N3O2/c10-8(13)6-12-9(14)5-7-3-1-2-4-11-7/h7,11H,1-6H2,(H2,10,13)(H,12,14). The van der Waals surface area contributed by atoms with Gasteiger partial charge in [-0.15, -0.1) is 0 Å². The normalized spacial score (nSPS) is 21.6. The van der Waals surface area contributed by atoms with Crippen LogP contribution in [0.3, 0.4) is 0 Å². The molecule has 1 unspecified atom stereocenters. The number of carbonyl (C=O) groups excluding carboxylic acids is 2. The molecular weight excluding hydrogens is 182 g/mol. The predicted molar refractivity (Wildman–Crippen MR) is 52.5 cm³/mol. The van der Waals surface area contributed by atoms with E-state index >= 15 is 0 Å². The fourth-order valence-corrected chi connectivity index (χ4v) is 1.58. The van der Waals surface area contributed by atoms with Crippen LogP contribution < -0.4 is 16.4 Å². The summed E-state index contributed by atoms with van der Waals surface area (Å²) in [5, 5.41) is 5.74. The van der Waals surface area contributed by atoms with Crippen molar-refractivity contribution in [2.45, 2.75) is 31.7 Å². The Morgan fingerprint density at radius 1 is 1.43 bits per heavy atom. The van der Waals surface area contributed by atoms with Gasteiger partial charge in [0.25, 0.3) is 0 Å². The van der Waals surface area contributed by atoms with Crippen molar-refractivity contribution < 1.29 is 9.59 Å². The molecule has 4 N–H and O–H groups in total. The van der Waals surface area contributed by atoms with Gasteiger partial charge in [0.05, 0.1) is 6.54 Å². The number of nitrogens with one attached hydrogen (secondary N) is 2. The highest BCUT2D eigenvalue weighted by atomic mass is 16.2. The average molecular weight is 199 g/mol. The van der Waals surface area contributed by atoms with E-state index in [1.807, 2.05) is 0 Å². The van der Waals surface area contributed by atoms with Gasteiger partial charge in [0, 0.05) is 12.5 Å². The molecule has 1 rings (SSSR count). The van der Waals surface area contributed by atoms with Gasteiger partial charge in [0.15, 0.2) is 0 Å². The zero-order chi connectivity index (χ0) is 10.4. The van der Waals surface area contributed by atoms with Gasteiger partial charge in [-0.3, -0.25) is 9.59 Å². The molecule has 14 heavy (non-hydrogen) atoms. The third-order valence-corrected chi connectivity index (χ3v) is 2.30. The minimum Gasteiger partial charge on any atom is -0.368 e. The first kappa shape index (κ1) is 11.0. The van der Waals surface area contributed by atoms with Crippen LogP contribution in [0.15, 0.2) is 0 Å². The molecule has 1 aliphatic heterocycles. The lowest BCUT2D eigenvalue weighted by atomic mass is 10.0. The third kappa shape index (κ3) is 4.23. The van der Waals surface area contributed by atoms with Crippen molar-refractivity contribution in [3.05, 3.63) is 0 Å². The van der Waals surface area contributed by atoms with Crippen molar-refractivity contribution in [1.82, 2.24) is 10.6 Å². The maximum atomic E-state index is 11.3. The highest BCUT2D eigenvalue weighted by Gasteiger charge is 2.15. The Balaban J connectivity index is 2.15. The van der Waals surface area contributed by atoms with Gasteiger partial charge >= 0.3 is 0 Å². The number of nitrogens with two attached hydrogens (primary N) is 1. The molecule has 80 valence electrons. The van der Waals surface area contributed by atoms with Crippen molar-refractivity contribution >= 4 is 11.8 Å². The summed E-state index contributed by atoms with van der Waals surface area (Å²) in [6.45, 7) is 0.916. The zero-order valence-electron chi connectivity index (χ0n) is 8.21. The molecule has 5 heteroatoms. The summed E-state index contributed by atoms with van der Waals surface area (Å²) in [5.41, 5.74) is 4.90. The van der Waals surface area contributed by atoms with Gasteiger partial charge < -0.3 is 16.4 Å². The first-order valence-electron chi connectivity index (χ1n) is 4.97. The number of amides is 2. The van der Waals surface area contributed by atoms with Crippen LogP contribution in [0.1, 0.15) is 25.7 Å². The van der Waals surface area contributed by atoms with Gasteiger partial charge in [-0.05, 0) is 19.4 Å². The van der Waals surface area contributed by atoms with E-state index in [1.165, 1.54) is 12.8 Å². The van der Waals surface area contributed by atoms with E-state index in [9.17, 15) is 9.59 Å². The van der Waals surface area contributed by atoms with Crippen LogP contribution >= 0.6 is 0 Å². The van der Waals surface area contributed by atoms with Crippen LogP contribution in [-0.2, 0) is 9.59 Å². The van der Waals surface area contributed by atoms with Crippen LogP contribution in [0.25, 0.3) is 0 Å². The number of piperidine rings is 1. The molecule has 1 atom stereocenters. The van der Waals surface area contributed by atoms with Crippen molar-refractivity contribution in [2.75, 3.05) is 13.1 Å². The van der Waals surface area contributed by atoms with Gasteiger partial charge in [-0.1, -0.05) is 6.42 Å². The quantitative estimate of drug-likeness (QED) is 0.549. The maximum absolute atomic E-state index is 11.3. The lowest BCUT2D eigenvalue weighted by Crippen LogP contribution is -2.40. The number of hydrogen-bond donors (Lipinski definition) is 3. The summed E-state index contributed by atoms with van der Waals surface area (Å²) in [5.74, 6) is -0.613. The van der Waals surface area contributed by atoms with E-state index in [-0.39, 0.29) is 18.5 Å². The maximum Gasteiger partial charge on any atom is 0.236 e. The largest absolute Gasteiger partial charge is 0.368 e. The van der Waals surface area contributed by atoms with Crippen molar-refractivity contribution in [3.8, 4) is 0 Å². The van der Waals surface area contributed by atoms with Crippen molar-refractivity contribution in [1.29, 1.82) is 0 Å². The van der Waals surface area contributed by atoms with Gasteiger partial charge in [-0.25, -0.2) is 0 Å². The van der Waals surface area contributed by atoms with Crippen molar-refractivity contribution in [3.63, 3.8) is 0 Å². The number of rotatable bonds is 4. The predicted octanol–water partition coefficient (Wildman–Crippen LogP) is -0.880. The smallest absolute Gasteiger partial charge is 0.236 e. The Bertz CT molecular complexity index is 212. The van der Waals surface area contributed by atoms with Crippen LogP contribution in [0.5, 0.6) is 0 Å². The van der Waals surface area contributed by atoms with Gasteiger partial charge in [0.1, 0.15) is 0 Å². The van der Waals surface area contributed by atoms with E-state index in [1.54, 1.807) is 0 Å². The Hall–Kier alpha value is -1.10. The zero-order valence-corrected chi connectivity index (χ0v) is 8.21. The molecule has 0 spiro atoms. The van der Waals surface area contributed by atoms with Crippen LogP contribution in [0.2, 0.25) is 0 Å². The Kier molecular flexibility index (Phi) is 4.39. The number of primary amides is 1. The lowest BCUT2D eigenvalue weighted by molar-refractivity contribution is -0.125. The van der Waals surface area contributed by atoms with E-state index in [0.717, 1.165) is 13.0 Å². The second-order valence-corrected chi connectivity index (χ2v) is 3.59. The average Bonchev–Trinajstić information content (AvgIpc) is 2.16. The highest BCUT2D eigenvalue weighted by molar-refractivity contribution is 5.83. The number of hydrogen-bond acceptors (Lipinski definition) is 3. The highest BCUT2D eigenvalue weighted by Crippen LogP contribution is 2.09. The van der Waals surface area contributed by atoms with Crippen molar-refractivity contribution in [2.24, 2.45) is 5.73 Å². The second-order valence-electron chi connectivity index (χ2n) is 3.59. The van der Waals surface area contributed by atoms with Crippen LogP contribution in [0.4, 0.5) is 0 Å². The fraction of sp³-hybridized carbons (Fsp3) is 0.778. The first-order chi connectivity index (χ1) is 6.68. The molecule has 0 radical (unpaired) electrons. The second kappa shape index (κ2) is 5.59. The molecule has 1 saturated heterocycles. The van der Waals surface area contributed by atoms with E-state index < -0.39 is 5.91 Å². The minimum atomic E-state index is -0.505. The van der Waals surface area contributed by atoms with Crippen LogP contribution in [-0.4, -0.2) is 30.9 Å². The Morgan fingerprint density at radius 3 is 2.79 bits per heavy atom. The summed E-state index contributed by atoms with van der Waals surface area (Å²) in [6, 6.07) is 0.261. The lowest BCUT2D eigenvalue weighted by Gasteiger charge is -2.22. The monoisotopic (exact) mass is 199 g/mol. The molecule has 0 saturated carbocycles. The summed E-state index contributed by atoms with van der Waals surface area (Å²) in [7, 11) is 0. The molecule has 1 heterocycles. The third-order valence-electron chi connectivity index (χ3n) is 2.30. The molecule has 0 aromatic heterocycles. The molecule has 1 aliphatic rings. The molecule has 0 aromatic rings.